The van der Waals surface area contributed by atoms with Gasteiger partial charge in [-0.25, -0.2) is 0 Å². The summed E-state index contributed by atoms with van der Waals surface area (Å²) in [5, 5.41) is 8.28. The predicted molar refractivity (Wildman–Crippen MR) is 54.8 cm³/mol. The minimum Gasteiger partial charge on any atom is -0.289 e. The highest BCUT2D eigenvalue weighted by atomic mass is 16.1. The molecule has 1 aromatic rings. The minimum atomic E-state index is -0.0106. The van der Waals surface area contributed by atoms with E-state index in [0.29, 0.717) is 18.4 Å². The lowest BCUT2D eigenvalue weighted by Crippen LogP contribution is -1.92. The maximum absolute atomic E-state index is 11.4. The summed E-state index contributed by atoms with van der Waals surface area (Å²) in [6, 6.07) is 11.1. The molecule has 0 heterocycles. The molecule has 2 nitrogen and oxygen atoms in total. The fraction of sp³-hybridized carbons (Fsp3) is 0.167. The Kier molecular flexibility index (Phi) is 4.16. The van der Waals surface area contributed by atoms with Crippen molar-refractivity contribution >= 4 is 5.78 Å². The summed E-state index contributed by atoms with van der Waals surface area (Å²) >= 11 is 0. The second-order valence-corrected chi connectivity index (χ2v) is 2.83. The van der Waals surface area contributed by atoms with Crippen molar-refractivity contribution in [1.29, 1.82) is 5.26 Å². The second kappa shape index (κ2) is 5.71. The molecule has 14 heavy (non-hydrogen) atoms. The van der Waals surface area contributed by atoms with Gasteiger partial charge >= 0.3 is 0 Å². The normalized spacial score (nSPS) is 9.93. The molecule has 0 unspecified atom stereocenters. The van der Waals surface area contributed by atoms with Crippen molar-refractivity contribution < 1.29 is 4.79 Å². The SMILES string of the molecule is N#CCC/C=C/C(=O)c1ccccc1. The number of carbonyl (C=O) groups is 1. The number of nitriles is 1. The lowest BCUT2D eigenvalue weighted by molar-refractivity contribution is 0.104. The Morgan fingerprint density at radius 2 is 2.07 bits per heavy atom. The van der Waals surface area contributed by atoms with E-state index >= 15 is 0 Å². The van der Waals surface area contributed by atoms with Gasteiger partial charge in [-0.15, -0.1) is 0 Å². The fourth-order valence-electron chi connectivity index (χ4n) is 1.04. The molecule has 0 radical (unpaired) electrons. The van der Waals surface area contributed by atoms with Crippen LogP contribution in [0, 0.1) is 11.3 Å². The number of hydrogen-bond acceptors (Lipinski definition) is 2. The number of unbranched alkanes of at least 4 members (excludes halogenated alkanes) is 1. The number of ketones is 1. The minimum absolute atomic E-state index is 0.0106. The molecule has 0 amide bonds. The summed E-state index contributed by atoms with van der Waals surface area (Å²) in [5.74, 6) is -0.0106. The van der Waals surface area contributed by atoms with Crippen molar-refractivity contribution in [1.82, 2.24) is 0 Å². The van der Waals surface area contributed by atoms with Crippen LogP contribution < -0.4 is 0 Å². The van der Waals surface area contributed by atoms with Crippen molar-refractivity contribution in [3.8, 4) is 6.07 Å². The molecule has 0 fully saturated rings. The van der Waals surface area contributed by atoms with E-state index in [1.165, 1.54) is 6.08 Å². The molecular weight excluding hydrogens is 174 g/mol. The monoisotopic (exact) mass is 185 g/mol. The van der Waals surface area contributed by atoms with Crippen molar-refractivity contribution in [2.45, 2.75) is 12.8 Å². The van der Waals surface area contributed by atoms with Crippen LogP contribution in [0.25, 0.3) is 0 Å². The molecule has 0 saturated heterocycles. The van der Waals surface area contributed by atoms with Crippen molar-refractivity contribution in [3.63, 3.8) is 0 Å². The van der Waals surface area contributed by atoms with Gasteiger partial charge < -0.3 is 0 Å². The van der Waals surface area contributed by atoms with Crippen LogP contribution in [0.1, 0.15) is 23.2 Å². The summed E-state index contributed by atoms with van der Waals surface area (Å²) in [7, 11) is 0. The molecule has 2 heteroatoms. The molecular formula is C12H11NO. The van der Waals surface area contributed by atoms with Gasteiger partial charge in [0.2, 0.25) is 0 Å². The highest BCUT2D eigenvalue weighted by Gasteiger charge is 1.97. The first kappa shape index (κ1) is 10.2. The quantitative estimate of drug-likeness (QED) is 0.411. The van der Waals surface area contributed by atoms with Crippen LogP contribution in [-0.2, 0) is 0 Å². The molecule has 0 atom stereocenters. The molecule has 0 N–H and O–H groups in total. The first-order valence-corrected chi connectivity index (χ1v) is 4.47. The van der Waals surface area contributed by atoms with Crippen LogP contribution in [0.3, 0.4) is 0 Å². The molecule has 0 aromatic heterocycles. The number of benzene rings is 1. The maximum atomic E-state index is 11.4. The lowest BCUT2D eigenvalue weighted by atomic mass is 10.1. The van der Waals surface area contributed by atoms with Crippen molar-refractivity contribution in [2.75, 3.05) is 0 Å². The van der Waals surface area contributed by atoms with E-state index in [-0.39, 0.29) is 5.78 Å². The molecule has 0 aliphatic rings. The van der Waals surface area contributed by atoms with Gasteiger partial charge in [-0.3, -0.25) is 4.79 Å². The highest BCUT2D eigenvalue weighted by Crippen LogP contribution is 2.01. The molecule has 1 rings (SSSR count). The molecule has 0 aliphatic carbocycles. The summed E-state index contributed by atoms with van der Waals surface area (Å²) in [6.45, 7) is 0. The number of hydrogen-bond donors (Lipinski definition) is 0. The largest absolute Gasteiger partial charge is 0.289 e. The van der Waals surface area contributed by atoms with Crippen LogP contribution in [0.15, 0.2) is 42.5 Å². The van der Waals surface area contributed by atoms with Crippen molar-refractivity contribution in [3.05, 3.63) is 48.0 Å². The van der Waals surface area contributed by atoms with E-state index < -0.39 is 0 Å². The number of carbonyl (C=O) groups excluding carboxylic acids is 1. The highest BCUT2D eigenvalue weighted by molar-refractivity contribution is 6.04. The van der Waals surface area contributed by atoms with Crippen molar-refractivity contribution in [2.24, 2.45) is 0 Å². The van der Waals surface area contributed by atoms with Crippen LogP contribution in [0.2, 0.25) is 0 Å². The zero-order valence-corrected chi connectivity index (χ0v) is 7.81. The third kappa shape index (κ3) is 3.24. The van der Waals surface area contributed by atoms with Crippen LogP contribution >= 0.6 is 0 Å². The van der Waals surface area contributed by atoms with Gasteiger partial charge in [-0.1, -0.05) is 36.4 Å². The Balaban J connectivity index is 2.52. The lowest BCUT2D eigenvalue weighted by Gasteiger charge is -1.92. The first-order valence-electron chi connectivity index (χ1n) is 4.47. The molecule has 1 aromatic carbocycles. The van der Waals surface area contributed by atoms with E-state index in [4.69, 9.17) is 5.26 Å². The van der Waals surface area contributed by atoms with Crippen LogP contribution in [0.5, 0.6) is 0 Å². The van der Waals surface area contributed by atoms with Gasteiger partial charge in [0.25, 0.3) is 0 Å². The zero-order chi connectivity index (χ0) is 10.2. The summed E-state index contributed by atoms with van der Waals surface area (Å²) in [6.07, 6.45) is 4.35. The third-order valence-electron chi connectivity index (χ3n) is 1.75. The second-order valence-electron chi connectivity index (χ2n) is 2.83. The molecule has 0 bridgehead atoms. The molecule has 0 aliphatic heterocycles. The predicted octanol–water partition coefficient (Wildman–Crippen LogP) is 2.73. The van der Waals surface area contributed by atoms with E-state index in [1.54, 1.807) is 18.2 Å². The Morgan fingerprint density at radius 1 is 1.36 bits per heavy atom. The fourth-order valence-corrected chi connectivity index (χ4v) is 1.04. The van der Waals surface area contributed by atoms with E-state index in [9.17, 15) is 4.79 Å². The summed E-state index contributed by atoms with van der Waals surface area (Å²) in [5.41, 5.74) is 0.681. The third-order valence-corrected chi connectivity index (χ3v) is 1.75. The van der Waals surface area contributed by atoms with Crippen LogP contribution in [-0.4, -0.2) is 5.78 Å². The van der Waals surface area contributed by atoms with E-state index in [0.717, 1.165) is 0 Å². The van der Waals surface area contributed by atoms with Crippen LogP contribution in [0.4, 0.5) is 0 Å². The Hall–Kier alpha value is -1.88. The van der Waals surface area contributed by atoms with Gasteiger partial charge in [-0.2, -0.15) is 5.26 Å². The average Bonchev–Trinajstić information content (AvgIpc) is 2.25. The van der Waals surface area contributed by atoms with E-state index in [2.05, 4.69) is 0 Å². The number of rotatable bonds is 4. The first-order chi connectivity index (χ1) is 6.84. The summed E-state index contributed by atoms with van der Waals surface area (Å²) < 4.78 is 0. The topological polar surface area (TPSA) is 40.9 Å². The average molecular weight is 185 g/mol. The Morgan fingerprint density at radius 3 is 2.71 bits per heavy atom. The molecule has 0 saturated carbocycles. The Labute approximate surface area is 83.5 Å². The molecule has 0 spiro atoms. The van der Waals surface area contributed by atoms with Gasteiger partial charge in [0.1, 0.15) is 0 Å². The smallest absolute Gasteiger partial charge is 0.185 e. The van der Waals surface area contributed by atoms with Gasteiger partial charge in [-0.05, 0) is 12.5 Å². The number of allylic oxidation sites excluding steroid dienone is 2. The standard InChI is InChI=1S/C12H11NO/c13-10-6-2-5-9-12(14)11-7-3-1-4-8-11/h1,3-5,7-9H,2,6H2/b9-5+. The Bertz CT molecular complexity index is 360. The van der Waals surface area contributed by atoms with Gasteiger partial charge in [0, 0.05) is 12.0 Å². The van der Waals surface area contributed by atoms with Gasteiger partial charge in [0.15, 0.2) is 5.78 Å². The zero-order valence-electron chi connectivity index (χ0n) is 7.81. The maximum Gasteiger partial charge on any atom is 0.185 e. The molecule has 70 valence electrons. The van der Waals surface area contributed by atoms with E-state index in [1.807, 2.05) is 24.3 Å². The summed E-state index contributed by atoms with van der Waals surface area (Å²) in [4.78, 5) is 11.4. The van der Waals surface area contributed by atoms with Gasteiger partial charge in [0.05, 0.1) is 6.07 Å². The number of nitrogens with zero attached hydrogens (tertiary/aromatic N) is 1.